The second kappa shape index (κ2) is 5.46. The van der Waals surface area contributed by atoms with Crippen molar-refractivity contribution in [2.24, 2.45) is 0 Å². The Labute approximate surface area is 128 Å². The van der Waals surface area contributed by atoms with Crippen LogP contribution in [0, 0.1) is 12.7 Å². The van der Waals surface area contributed by atoms with E-state index in [1.807, 2.05) is 0 Å². The topological polar surface area (TPSA) is 52.3 Å². The van der Waals surface area contributed by atoms with Crippen LogP contribution in [-0.4, -0.2) is 11.1 Å². The first-order valence-electron chi connectivity index (χ1n) is 6.01. The highest BCUT2D eigenvalue weighted by Gasteiger charge is 2.19. The second-order valence-electron chi connectivity index (χ2n) is 4.39. The molecule has 0 radical (unpaired) electrons. The van der Waals surface area contributed by atoms with Gasteiger partial charge < -0.3 is 9.26 Å². The van der Waals surface area contributed by atoms with Gasteiger partial charge in [-0.05, 0) is 25.1 Å². The molecule has 0 unspecified atom stereocenters. The van der Waals surface area contributed by atoms with E-state index in [0.29, 0.717) is 21.5 Å². The molecule has 0 atom stereocenters. The molecular weight excluding hydrogens is 317 g/mol. The van der Waals surface area contributed by atoms with Crippen LogP contribution >= 0.6 is 22.9 Å². The monoisotopic (exact) mass is 325 g/mol. The molecule has 4 nitrogen and oxygen atoms in total. The van der Waals surface area contributed by atoms with E-state index in [1.165, 1.54) is 12.1 Å². The number of thiophene rings is 1. The molecule has 7 heteroatoms. The number of ether oxygens (including phenoxy) is 1. The van der Waals surface area contributed by atoms with Gasteiger partial charge in [-0.2, -0.15) is 0 Å². The molecule has 0 bridgehead atoms. The number of hydrogen-bond acceptors (Lipinski definition) is 5. The summed E-state index contributed by atoms with van der Waals surface area (Å²) < 4.78 is 23.8. The number of nitrogens with zero attached hydrogens (tertiary/aromatic N) is 1. The molecule has 0 amide bonds. The third-order valence-corrected chi connectivity index (χ3v) is 4.44. The maximum Gasteiger partial charge on any atom is 0.350 e. The van der Waals surface area contributed by atoms with Gasteiger partial charge >= 0.3 is 5.97 Å². The molecule has 3 rings (SSSR count). The van der Waals surface area contributed by atoms with Gasteiger partial charge in [0.1, 0.15) is 28.8 Å². The van der Waals surface area contributed by atoms with Crippen molar-refractivity contribution in [3.63, 3.8) is 0 Å². The molecule has 1 aromatic carbocycles. The third-order valence-electron chi connectivity index (χ3n) is 2.80. The Morgan fingerprint density at radius 1 is 1.48 bits per heavy atom. The Bertz CT molecular complexity index is 827. The largest absolute Gasteiger partial charge is 0.455 e. The Morgan fingerprint density at radius 3 is 3.00 bits per heavy atom. The van der Waals surface area contributed by atoms with Crippen LogP contribution in [0.25, 0.3) is 10.1 Å². The maximum atomic E-state index is 13.2. The van der Waals surface area contributed by atoms with Gasteiger partial charge in [-0.25, -0.2) is 9.18 Å². The van der Waals surface area contributed by atoms with Crippen molar-refractivity contribution in [2.45, 2.75) is 13.5 Å². The normalized spacial score (nSPS) is 11.0. The number of aryl methyl sites for hydroxylation is 1. The summed E-state index contributed by atoms with van der Waals surface area (Å²) in [5.74, 6) is -0.308. The summed E-state index contributed by atoms with van der Waals surface area (Å²) in [5.41, 5.74) is 0.518. The summed E-state index contributed by atoms with van der Waals surface area (Å²) in [4.78, 5) is 12.3. The Balaban J connectivity index is 1.82. The Morgan fingerprint density at radius 2 is 2.29 bits per heavy atom. The van der Waals surface area contributed by atoms with Gasteiger partial charge in [0.25, 0.3) is 0 Å². The van der Waals surface area contributed by atoms with Gasteiger partial charge in [0.2, 0.25) is 0 Å². The highest BCUT2D eigenvalue weighted by atomic mass is 35.5. The smallest absolute Gasteiger partial charge is 0.350 e. The van der Waals surface area contributed by atoms with Crippen LogP contribution in [-0.2, 0) is 11.3 Å². The lowest BCUT2D eigenvalue weighted by molar-refractivity contribution is 0.0470. The van der Waals surface area contributed by atoms with Crippen molar-refractivity contribution in [3.8, 4) is 0 Å². The fourth-order valence-electron chi connectivity index (χ4n) is 1.86. The SMILES string of the molecule is Cc1cc(COC(=O)c2sc3cc(F)ccc3c2Cl)no1. The fraction of sp³-hybridized carbons (Fsp3) is 0.143. The molecule has 0 fully saturated rings. The molecular formula is C14H9ClFNO3S. The summed E-state index contributed by atoms with van der Waals surface area (Å²) in [6.45, 7) is 1.74. The minimum atomic E-state index is -0.567. The van der Waals surface area contributed by atoms with Gasteiger partial charge in [-0.3, -0.25) is 0 Å². The van der Waals surface area contributed by atoms with Crippen LogP contribution < -0.4 is 0 Å². The lowest BCUT2D eigenvalue weighted by Gasteiger charge is -2.00. The summed E-state index contributed by atoms with van der Waals surface area (Å²) in [7, 11) is 0. The van der Waals surface area contributed by atoms with Crippen LogP contribution in [0.15, 0.2) is 28.8 Å². The zero-order chi connectivity index (χ0) is 15.0. The van der Waals surface area contributed by atoms with E-state index in [2.05, 4.69) is 5.16 Å². The molecule has 0 saturated carbocycles. The minimum Gasteiger partial charge on any atom is -0.455 e. The molecule has 0 aliphatic heterocycles. The molecule has 0 saturated heterocycles. The highest BCUT2D eigenvalue weighted by Crippen LogP contribution is 2.36. The lowest BCUT2D eigenvalue weighted by Crippen LogP contribution is -2.03. The molecule has 0 N–H and O–H groups in total. The van der Waals surface area contributed by atoms with Crippen molar-refractivity contribution in [2.75, 3.05) is 0 Å². The van der Waals surface area contributed by atoms with E-state index in [0.717, 1.165) is 11.3 Å². The number of fused-ring (bicyclic) bond motifs is 1. The number of carbonyl (C=O) groups excluding carboxylic acids is 1. The van der Waals surface area contributed by atoms with Gasteiger partial charge in [-0.15, -0.1) is 11.3 Å². The van der Waals surface area contributed by atoms with E-state index < -0.39 is 5.97 Å². The van der Waals surface area contributed by atoms with Crippen LogP contribution in [0.2, 0.25) is 5.02 Å². The zero-order valence-corrected chi connectivity index (χ0v) is 12.4. The van der Waals surface area contributed by atoms with Crippen molar-refractivity contribution in [1.82, 2.24) is 5.16 Å². The molecule has 0 spiro atoms. The lowest BCUT2D eigenvalue weighted by atomic mass is 10.2. The minimum absolute atomic E-state index is 0.00485. The van der Waals surface area contributed by atoms with E-state index in [9.17, 15) is 9.18 Å². The van der Waals surface area contributed by atoms with Crippen molar-refractivity contribution in [1.29, 1.82) is 0 Å². The van der Waals surface area contributed by atoms with E-state index in [-0.39, 0.29) is 22.3 Å². The first-order valence-corrected chi connectivity index (χ1v) is 7.21. The number of esters is 1. The third kappa shape index (κ3) is 2.77. The first kappa shape index (κ1) is 14.0. The zero-order valence-electron chi connectivity index (χ0n) is 10.9. The Hall–Kier alpha value is -1.92. The average Bonchev–Trinajstić information content (AvgIpc) is 3.00. The number of carbonyl (C=O) groups is 1. The number of benzene rings is 1. The average molecular weight is 326 g/mol. The van der Waals surface area contributed by atoms with Gasteiger partial charge in [0.15, 0.2) is 0 Å². The molecule has 2 heterocycles. The quantitative estimate of drug-likeness (QED) is 0.672. The Kier molecular flexibility index (Phi) is 3.65. The fourth-order valence-corrected chi connectivity index (χ4v) is 3.29. The standard InChI is InChI=1S/C14H9ClFNO3S/c1-7-4-9(17-20-7)6-19-14(18)13-12(15)10-3-2-8(16)5-11(10)21-13/h2-5H,6H2,1H3. The van der Waals surface area contributed by atoms with Crippen LogP contribution in [0.5, 0.6) is 0 Å². The summed E-state index contributed by atoms with van der Waals surface area (Å²) in [6, 6.07) is 5.86. The maximum absolute atomic E-state index is 13.2. The number of aromatic nitrogens is 1. The molecule has 0 aliphatic rings. The predicted octanol–water partition coefficient (Wildman–Crippen LogP) is 4.35. The summed E-state index contributed by atoms with van der Waals surface area (Å²) >= 11 is 7.24. The number of halogens is 2. The number of rotatable bonds is 3. The van der Waals surface area contributed by atoms with Crippen LogP contribution in [0.1, 0.15) is 21.1 Å². The first-order chi connectivity index (χ1) is 10.0. The van der Waals surface area contributed by atoms with Crippen molar-refractivity contribution < 1.29 is 18.4 Å². The van der Waals surface area contributed by atoms with E-state index in [4.69, 9.17) is 20.9 Å². The molecule has 2 aromatic heterocycles. The predicted molar refractivity (Wildman–Crippen MR) is 77.2 cm³/mol. The molecule has 0 aliphatic carbocycles. The van der Waals surface area contributed by atoms with Crippen molar-refractivity contribution in [3.05, 3.63) is 51.4 Å². The molecule has 3 aromatic rings. The van der Waals surface area contributed by atoms with E-state index >= 15 is 0 Å². The number of hydrogen-bond donors (Lipinski definition) is 0. The molecule has 21 heavy (non-hydrogen) atoms. The van der Waals surface area contributed by atoms with Crippen molar-refractivity contribution >= 4 is 39.0 Å². The second-order valence-corrected chi connectivity index (χ2v) is 5.82. The van der Waals surface area contributed by atoms with Crippen LogP contribution in [0.4, 0.5) is 4.39 Å². The summed E-state index contributed by atoms with van der Waals surface area (Å²) in [6.07, 6.45) is 0. The highest BCUT2D eigenvalue weighted by molar-refractivity contribution is 7.21. The van der Waals surface area contributed by atoms with Gasteiger partial charge in [0.05, 0.1) is 5.02 Å². The summed E-state index contributed by atoms with van der Waals surface area (Å²) in [5, 5.41) is 4.63. The van der Waals surface area contributed by atoms with Gasteiger partial charge in [-0.1, -0.05) is 16.8 Å². The van der Waals surface area contributed by atoms with Gasteiger partial charge in [0, 0.05) is 16.2 Å². The van der Waals surface area contributed by atoms with E-state index in [1.54, 1.807) is 19.1 Å². The molecule has 108 valence electrons. The van der Waals surface area contributed by atoms with Crippen LogP contribution in [0.3, 0.4) is 0 Å².